The van der Waals surface area contributed by atoms with Gasteiger partial charge in [-0.3, -0.25) is 9.69 Å². The third-order valence-electron chi connectivity index (χ3n) is 6.10. The second kappa shape index (κ2) is 10.5. The van der Waals surface area contributed by atoms with E-state index in [-0.39, 0.29) is 5.91 Å². The van der Waals surface area contributed by atoms with Crippen molar-refractivity contribution in [3.8, 4) is 0 Å². The summed E-state index contributed by atoms with van der Waals surface area (Å²) in [7, 11) is 0. The standard InChI is InChI=1S/C22H34N4O3/c1-2-3-21(27)23-19-4-6-20(7-5-19)25-16-14-24(15-17-25)11-8-18-9-12-26(13-10-18)22(28)29/h4-7,18H,2-3,8-17H2,1H3,(H,23,27)(H,28,29). The predicted octanol–water partition coefficient (Wildman–Crippen LogP) is 3.33. The van der Waals surface area contributed by atoms with Gasteiger partial charge in [0.2, 0.25) is 5.91 Å². The Morgan fingerprint density at radius 3 is 2.28 bits per heavy atom. The molecule has 2 aliphatic heterocycles. The van der Waals surface area contributed by atoms with Crippen LogP contribution in [0, 0.1) is 5.92 Å². The summed E-state index contributed by atoms with van der Waals surface area (Å²) in [5.41, 5.74) is 2.07. The van der Waals surface area contributed by atoms with Crippen LogP contribution in [0.15, 0.2) is 24.3 Å². The van der Waals surface area contributed by atoms with Gasteiger partial charge in [0, 0.05) is 57.1 Å². The fourth-order valence-corrected chi connectivity index (χ4v) is 4.21. The molecule has 0 saturated carbocycles. The van der Waals surface area contributed by atoms with E-state index in [2.05, 4.69) is 27.2 Å². The molecule has 0 aliphatic carbocycles. The van der Waals surface area contributed by atoms with Crippen molar-refractivity contribution in [2.45, 2.75) is 39.0 Å². The van der Waals surface area contributed by atoms with Gasteiger partial charge in [-0.2, -0.15) is 0 Å². The van der Waals surface area contributed by atoms with E-state index in [4.69, 9.17) is 5.11 Å². The zero-order valence-corrected chi connectivity index (χ0v) is 17.5. The molecule has 0 unspecified atom stereocenters. The lowest BCUT2D eigenvalue weighted by Gasteiger charge is -2.37. The molecule has 0 radical (unpaired) electrons. The van der Waals surface area contributed by atoms with Crippen molar-refractivity contribution in [2.75, 3.05) is 56.0 Å². The number of amides is 2. The first-order valence-corrected chi connectivity index (χ1v) is 10.9. The Balaban J connectivity index is 1.37. The van der Waals surface area contributed by atoms with Gasteiger partial charge in [-0.05, 0) is 62.4 Å². The molecule has 2 fully saturated rings. The van der Waals surface area contributed by atoms with E-state index in [1.807, 2.05) is 19.1 Å². The number of likely N-dealkylation sites (tertiary alicyclic amines) is 1. The largest absolute Gasteiger partial charge is 0.465 e. The number of piperidine rings is 1. The lowest BCUT2D eigenvalue weighted by molar-refractivity contribution is -0.116. The average molecular weight is 403 g/mol. The van der Waals surface area contributed by atoms with Gasteiger partial charge < -0.3 is 20.2 Å². The van der Waals surface area contributed by atoms with E-state index in [1.54, 1.807) is 0 Å². The molecule has 2 saturated heterocycles. The van der Waals surface area contributed by atoms with E-state index < -0.39 is 6.09 Å². The van der Waals surface area contributed by atoms with Crippen molar-refractivity contribution in [3.63, 3.8) is 0 Å². The molecule has 2 N–H and O–H groups in total. The fourth-order valence-electron chi connectivity index (χ4n) is 4.21. The van der Waals surface area contributed by atoms with Crippen molar-refractivity contribution in [3.05, 3.63) is 24.3 Å². The molecule has 160 valence electrons. The minimum Gasteiger partial charge on any atom is -0.465 e. The van der Waals surface area contributed by atoms with Gasteiger partial charge >= 0.3 is 6.09 Å². The summed E-state index contributed by atoms with van der Waals surface area (Å²) in [5.74, 6) is 0.724. The maximum atomic E-state index is 11.7. The highest BCUT2D eigenvalue weighted by Crippen LogP contribution is 2.23. The van der Waals surface area contributed by atoms with Crippen LogP contribution in [0.1, 0.15) is 39.0 Å². The Morgan fingerprint density at radius 2 is 1.69 bits per heavy atom. The second-order valence-electron chi connectivity index (χ2n) is 8.18. The van der Waals surface area contributed by atoms with Crippen LogP contribution in [0.3, 0.4) is 0 Å². The molecule has 2 heterocycles. The van der Waals surface area contributed by atoms with Crippen LogP contribution in [0.2, 0.25) is 0 Å². The summed E-state index contributed by atoms with van der Waals surface area (Å²) < 4.78 is 0. The summed E-state index contributed by atoms with van der Waals surface area (Å²) in [6.07, 6.45) is 3.79. The van der Waals surface area contributed by atoms with Crippen LogP contribution in [-0.4, -0.2) is 72.7 Å². The van der Waals surface area contributed by atoms with Gasteiger partial charge in [-0.1, -0.05) is 6.92 Å². The monoisotopic (exact) mass is 402 g/mol. The molecule has 29 heavy (non-hydrogen) atoms. The van der Waals surface area contributed by atoms with Gasteiger partial charge in [0.1, 0.15) is 0 Å². The zero-order chi connectivity index (χ0) is 20.6. The second-order valence-corrected chi connectivity index (χ2v) is 8.18. The number of carbonyl (C=O) groups is 2. The van der Waals surface area contributed by atoms with Crippen molar-refractivity contribution in [1.82, 2.24) is 9.80 Å². The molecule has 0 aromatic heterocycles. The quantitative estimate of drug-likeness (QED) is 0.732. The van der Waals surface area contributed by atoms with Crippen LogP contribution < -0.4 is 10.2 Å². The highest BCUT2D eigenvalue weighted by atomic mass is 16.4. The predicted molar refractivity (Wildman–Crippen MR) is 116 cm³/mol. The number of piperazine rings is 1. The number of carbonyl (C=O) groups excluding carboxylic acids is 1. The van der Waals surface area contributed by atoms with Crippen LogP contribution in [0.5, 0.6) is 0 Å². The van der Waals surface area contributed by atoms with Crippen molar-refractivity contribution >= 4 is 23.4 Å². The van der Waals surface area contributed by atoms with Gasteiger partial charge in [0.15, 0.2) is 0 Å². The van der Waals surface area contributed by atoms with Crippen LogP contribution in [0.25, 0.3) is 0 Å². The van der Waals surface area contributed by atoms with Gasteiger partial charge in [-0.15, -0.1) is 0 Å². The maximum absolute atomic E-state index is 11.7. The summed E-state index contributed by atoms with van der Waals surface area (Å²) in [4.78, 5) is 29.2. The molecule has 0 atom stereocenters. The summed E-state index contributed by atoms with van der Waals surface area (Å²) in [6, 6.07) is 8.15. The van der Waals surface area contributed by atoms with Crippen LogP contribution >= 0.6 is 0 Å². The number of hydrogen-bond acceptors (Lipinski definition) is 4. The van der Waals surface area contributed by atoms with Gasteiger partial charge in [0.25, 0.3) is 0 Å². The van der Waals surface area contributed by atoms with E-state index in [0.29, 0.717) is 25.4 Å². The third kappa shape index (κ3) is 6.35. The molecule has 2 amide bonds. The lowest BCUT2D eigenvalue weighted by Crippen LogP contribution is -2.47. The molecule has 1 aromatic rings. The molecule has 7 heteroatoms. The fraction of sp³-hybridized carbons (Fsp3) is 0.636. The maximum Gasteiger partial charge on any atom is 0.407 e. The van der Waals surface area contributed by atoms with Crippen molar-refractivity contribution < 1.29 is 14.7 Å². The Morgan fingerprint density at radius 1 is 1.03 bits per heavy atom. The van der Waals surface area contributed by atoms with Gasteiger partial charge in [-0.25, -0.2) is 4.79 Å². The number of nitrogens with one attached hydrogen (secondary N) is 1. The molecule has 0 bridgehead atoms. The number of benzene rings is 1. The number of hydrogen-bond donors (Lipinski definition) is 2. The van der Waals surface area contributed by atoms with Gasteiger partial charge in [0.05, 0.1) is 0 Å². The molecule has 1 aromatic carbocycles. The SMILES string of the molecule is CCCC(=O)Nc1ccc(N2CCN(CCC3CCN(C(=O)O)CC3)CC2)cc1. The minimum absolute atomic E-state index is 0.0718. The normalized spacial score (nSPS) is 18.7. The number of carboxylic acid groups (broad SMARTS) is 1. The average Bonchev–Trinajstić information content (AvgIpc) is 2.74. The number of rotatable bonds is 7. The molecular weight excluding hydrogens is 368 g/mol. The molecule has 3 rings (SSSR count). The zero-order valence-electron chi connectivity index (χ0n) is 17.5. The summed E-state index contributed by atoms with van der Waals surface area (Å²) in [5, 5.41) is 12.0. The van der Waals surface area contributed by atoms with E-state index in [0.717, 1.165) is 57.7 Å². The van der Waals surface area contributed by atoms with E-state index in [1.165, 1.54) is 17.0 Å². The Hall–Kier alpha value is -2.28. The molecule has 0 spiro atoms. The van der Waals surface area contributed by atoms with Crippen LogP contribution in [0.4, 0.5) is 16.2 Å². The third-order valence-corrected chi connectivity index (χ3v) is 6.10. The molecular formula is C22H34N4O3. The topological polar surface area (TPSA) is 76.1 Å². The van der Waals surface area contributed by atoms with E-state index in [9.17, 15) is 9.59 Å². The highest BCUT2D eigenvalue weighted by molar-refractivity contribution is 5.90. The lowest BCUT2D eigenvalue weighted by atomic mass is 9.93. The first-order valence-electron chi connectivity index (χ1n) is 10.9. The van der Waals surface area contributed by atoms with Crippen LogP contribution in [-0.2, 0) is 4.79 Å². The first-order chi connectivity index (χ1) is 14.0. The van der Waals surface area contributed by atoms with Crippen molar-refractivity contribution in [2.24, 2.45) is 5.92 Å². The minimum atomic E-state index is -0.782. The molecule has 2 aliphatic rings. The summed E-state index contributed by atoms with van der Waals surface area (Å²) >= 11 is 0. The number of anilines is 2. The smallest absolute Gasteiger partial charge is 0.407 e. The van der Waals surface area contributed by atoms with E-state index >= 15 is 0 Å². The molecule has 7 nitrogen and oxygen atoms in total. The first kappa shape index (κ1) is 21.4. The Bertz CT molecular complexity index is 663. The Labute approximate surface area is 173 Å². The number of nitrogens with zero attached hydrogens (tertiary/aromatic N) is 3. The summed E-state index contributed by atoms with van der Waals surface area (Å²) in [6.45, 7) is 8.62. The Kier molecular flexibility index (Phi) is 7.75. The van der Waals surface area contributed by atoms with Crippen molar-refractivity contribution in [1.29, 1.82) is 0 Å². The highest BCUT2D eigenvalue weighted by Gasteiger charge is 2.23.